The second-order valence-electron chi connectivity index (χ2n) is 10.6. The fraction of sp³-hybridized carbons (Fsp3) is 0.118. The molecule has 7 rings (SSSR count). The van der Waals surface area contributed by atoms with Gasteiger partial charge in [0.15, 0.2) is 0 Å². The number of anilines is 6. The Morgan fingerprint density at radius 2 is 1.05 bits per heavy atom. The zero-order valence-electron chi connectivity index (χ0n) is 21.8. The fourth-order valence-corrected chi connectivity index (χ4v) is 6.61. The van der Waals surface area contributed by atoms with Crippen LogP contribution >= 0.6 is 0 Å². The van der Waals surface area contributed by atoms with Crippen molar-refractivity contribution in [1.82, 2.24) is 0 Å². The molecule has 0 saturated heterocycles. The lowest BCUT2D eigenvalue weighted by atomic mass is 9.33. The minimum atomic E-state index is 0.181. The van der Waals surface area contributed by atoms with E-state index in [1.54, 1.807) is 0 Å². The second-order valence-corrected chi connectivity index (χ2v) is 10.6. The van der Waals surface area contributed by atoms with Crippen molar-refractivity contribution in [2.24, 2.45) is 0 Å². The van der Waals surface area contributed by atoms with Gasteiger partial charge in [-0.3, -0.25) is 0 Å². The first-order valence-electron chi connectivity index (χ1n) is 13.1. The van der Waals surface area contributed by atoms with Crippen LogP contribution in [-0.2, 0) is 0 Å². The molecule has 0 aliphatic carbocycles. The van der Waals surface area contributed by atoms with Crippen molar-refractivity contribution in [3.8, 4) is 0 Å². The number of rotatable bonds is 2. The van der Waals surface area contributed by atoms with Gasteiger partial charge in [-0.1, -0.05) is 60.2 Å². The second kappa shape index (κ2) is 8.14. The first-order valence-corrected chi connectivity index (χ1v) is 13.1. The molecule has 5 aromatic carbocycles. The van der Waals surface area contributed by atoms with Crippen molar-refractivity contribution in [3.63, 3.8) is 0 Å². The summed E-state index contributed by atoms with van der Waals surface area (Å²) in [4.78, 5) is 4.95. The van der Waals surface area contributed by atoms with E-state index in [9.17, 15) is 0 Å². The van der Waals surface area contributed by atoms with E-state index in [2.05, 4.69) is 141 Å². The van der Waals surface area contributed by atoms with Crippen LogP contribution in [0.4, 0.5) is 34.1 Å². The minimum absolute atomic E-state index is 0.181. The van der Waals surface area contributed by atoms with E-state index in [-0.39, 0.29) is 6.71 Å². The Kier molecular flexibility index (Phi) is 4.84. The molecule has 0 N–H and O–H groups in total. The summed E-state index contributed by atoms with van der Waals surface area (Å²) in [5.74, 6) is 0. The Labute approximate surface area is 219 Å². The molecule has 0 amide bonds. The van der Waals surface area contributed by atoms with Crippen LogP contribution in [0.5, 0.6) is 0 Å². The Hall–Kier alpha value is -4.24. The van der Waals surface area contributed by atoms with E-state index < -0.39 is 0 Å². The summed E-state index contributed by atoms with van der Waals surface area (Å²) in [5.41, 5.74) is 16.8. The van der Waals surface area contributed by atoms with Crippen LogP contribution in [0.15, 0.2) is 103 Å². The van der Waals surface area contributed by atoms with Crippen molar-refractivity contribution < 1.29 is 0 Å². The predicted octanol–water partition coefficient (Wildman–Crippen LogP) is 7.00. The molecular formula is C34H29BN2. The van der Waals surface area contributed by atoms with Gasteiger partial charge in [0, 0.05) is 34.1 Å². The van der Waals surface area contributed by atoms with Crippen molar-refractivity contribution in [3.05, 3.63) is 125 Å². The Bertz CT molecular complexity index is 1670. The minimum Gasteiger partial charge on any atom is -0.311 e. The number of hydrogen-bond acceptors (Lipinski definition) is 2. The summed E-state index contributed by atoms with van der Waals surface area (Å²) in [5, 5.41) is 0. The summed E-state index contributed by atoms with van der Waals surface area (Å²) in [6, 6.07) is 38.2. The predicted molar refractivity (Wildman–Crippen MR) is 159 cm³/mol. The Morgan fingerprint density at radius 3 is 1.78 bits per heavy atom. The van der Waals surface area contributed by atoms with Gasteiger partial charge in [-0.05, 0) is 109 Å². The summed E-state index contributed by atoms with van der Waals surface area (Å²) >= 11 is 0. The highest BCUT2D eigenvalue weighted by Crippen LogP contribution is 2.44. The molecule has 0 atom stereocenters. The van der Waals surface area contributed by atoms with Crippen LogP contribution in [0.3, 0.4) is 0 Å². The standard InChI is InChI=1S/C34H29BN2/c1-22-17-23(2)20-27(19-22)37-29-14-9-8-13-28(29)35-33-25(4)18-24(3)21-32(33)36(26-11-6-5-7-12-26)30-15-10-16-31(37)34(30)35/h5-21H,1-4H3. The number of aryl methyl sites for hydroxylation is 4. The normalized spacial score (nSPS) is 13.2. The molecule has 2 aliphatic heterocycles. The van der Waals surface area contributed by atoms with Crippen LogP contribution in [0, 0.1) is 27.7 Å². The number of para-hydroxylation sites is 2. The molecule has 2 aliphatic rings. The molecule has 0 unspecified atom stereocenters. The zero-order chi connectivity index (χ0) is 25.3. The molecule has 0 fully saturated rings. The molecule has 0 bridgehead atoms. The van der Waals surface area contributed by atoms with E-state index in [0.29, 0.717) is 0 Å². The average molecular weight is 476 g/mol. The number of benzene rings is 5. The van der Waals surface area contributed by atoms with Crippen LogP contribution in [0.25, 0.3) is 0 Å². The van der Waals surface area contributed by atoms with Crippen LogP contribution in [-0.4, -0.2) is 6.71 Å². The average Bonchev–Trinajstić information content (AvgIpc) is 2.88. The first kappa shape index (κ1) is 22.0. The maximum Gasteiger partial charge on any atom is 0.252 e. The molecule has 0 saturated carbocycles. The van der Waals surface area contributed by atoms with Crippen molar-refractivity contribution in [2.45, 2.75) is 27.7 Å². The van der Waals surface area contributed by atoms with E-state index in [4.69, 9.17) is 0 Å². The highest BCUT2D eigenvalue weighted by atomic mass is 15.2. The topological polar surface area (TPSA) is 6.48 Å². The number of fused-ring (bicyclic) bond motifs is 4. The van der Waals surface area contributed by atoms with Gasteiger partial charge in [0.25, 0.3) is 6.71 Å². The highest BCUT2D eigenvalue weighted by molar-refractivity contribution is 7.00. The van der Waals surface area contributed by atoms with Crippen molar-refractivity contribution >= 4 is 57.2 Å². The maximum atomic E-state index is 2.47. The van der Waals surface area contributed by atoms with Crippen LogP contribution < -0.4 is 26.2 Å². The SMILES string of the molecule is Cc1cc(C)cc(N2c3ccccc3B3c4c(C)cc(C)cc4N(c4ccccc4)c4cccc2c43)c1. The fourth-order valence-electron chi connectivity index (χ4n) is 6.61. The van der Waals surface area contributed by atoms with Crippen LogP contribution in [0.2, 0.25) is 0 Å². The molecule has 0 aromatic heterocycles. The van der Waals surface area contributed by atoms with Gasteiger partial charge in [0.05, 0.1) is 0 Å². The summed E-state index contributed by atoms with van der Waals surface area (Å²) in [6.07, 6.45) is 0. The highest BCUT2D eigenvalue weighted by Gasteiger charge is 2.43. The van der Waals surface area contributed by atoms with Gasteiger partial charge in [-0.15, -0.1) is 0 Å². The summed E-state index contributed by atoms with van der Waals surface area (Å²) in [6.45, 7) is 9.05. The molecule has 178 valence electrons. The Balaban J connectivity index is 1.60. The summed E-state index contributed by atoms with van der Waals surface area (Å²) in [7, 11) is 0. The largest absolute Gasteiger partial charge is 0.311 e. The van der Waals surface area contributed by atoms with Gasteiger partial charge in [0.2, 0.25) is 0 Å². The van der Waals surface area contributed by atoms with Gasteiger partial charge in [0.1, 0.15) is 0 Å². The molecular weight excluding hydrogens is 447 g/mol. The quantitative estimate of drug-likeness (QED) is 0.248. The third kappa shape index (κ3) is 3.27. The molecule has 2 nitrogen and oxygen atoms in total. The van der Waals surface area contributed by atoms with E-state index >= 15 is 0 Å². The number of hydrogen-bond donors (Lipinski definition) is 0. The first-order chi connectivity index (χ1) is 18.0. The van der Waals surface area contributed by atoms with E-state index in [1.165, 1.54) is 72.8 Å². The monoisotopic (exact) mass is 476 g/mol. The summed E-state index contributed by atoms with van der Waals surface area (Å²) < 4.78 is 0. The lowest BCUT2D eigenvalue weighted by Gasteiger charge is -2.44. The van der Waals surface area contributed by atoms with Gasteiger partial charge in [-0.2, -0.15) is 0 Å². The molecule has 37 heavy (non-hydrogen) atoms. The van der Waals surface area contributed by atoms with Crippen molar-refractivity contribution in [1.29, 1.82) is 0 Å². The molecule has 0 radical (unpaired) electrons. The Morgan fingerprint density at radius 1 is 0.459 bits per heavy atom. The van der Waals surface area contributed by atoms with Crippen molar-refractivity contribution in [2.75, 3.05) is 9.80 Å². The maximum absolute atomic E-state index is 2.47. The lowest BCUT2D eigenvalue weighted by molar-refractivity contribution is 1.23. The van der Waals surface area contributed by atoms with E-state index in [1.807, 2.05) is 0 Å². The smallest absolute Gasteiger partial charge is 0.252 e. The van der Waals surface area contributed by atoms with Gasteiger partial charge in [-0.25, -0.2) is 0 Å². The van der Waals surface area contributed by atoms with Gasteiger partial charge < -0.3 is 9.80 Å². The third-order valence-electron chi connectivity index (χ3n) is 7.84. The molecule has 2 heterocycles. The van der Waals surface area contributed by atoms with Crippen LogP contribution in [0.1, 0.15) is 22.3 Å². The zero-order valence-corrected chi connectivity index (χ0v) is 21.8. The third-order valence-corrected chi connectivity index (χ3v) is 7.84. The molecule has 5 aromatic rings. The number of nitrogens with zero attached hydrogens (tertiary/aromatic N) is 2. The van der Waals surface area contributed by atoms with E-state index in [0.717, 1.165) is 0 Å². The lowest BCUT2D eigenvalue weighted by Crippen LogP contribution is -2.62. The molecule has 0 spiro atoms. The molecule has 3 heteroatoms. The van der Waals surface area contributed by atoms with Gasteiger partial charge >= 0.3 is 0 Å².